The molecule has 3 atom stereocenters. The van der Waals surface area contributed by atoms with Crippen molar-refractivity contribution in [3.8, 4) is 0 Å². The number of halogens is 1. The summed E-state index contributed by atoms with van der Waals surface area (Å²) in [7, 11) is 0. The summed E-state index contributed by atoms with van der Waals surface area (Å²) in [4.78, 5) is 23.7. The predicted molar refractivity (Wildman–Crippen MR) is 81.1 cm³/mol. The van der Waals surface area contributed by atoms with E-state index < -0.39 is 17.8 Å². The van der Waals surface area contributed by atoms with E-state index in [1.54, 1.807) is 6.07 Å². The van der Waals surface area contributed by atoms with Gasteiger partial charge in [0.25, 0.3) is 0 Å². The fourth-order valence-corrected chi connectivity index (χ4v) is 3.26. The first-order valence-corrected chi connectivity index (χ1v) is 7.66. The molecule has 1 aromatic rings. The molecule has 0 bridgehead atoms. The lowest BCUT2D eigenvalue weighted by atomic mass is 9.78. The van der Waals surface area contributed by atoms with Crippen molar-refractivity contribution in [3.63, 3.8) is 0 Å². The molecule has 2 N–H and O–H groups in total. The summed E-state index contributed by atoms with van der Waals surface area (Å²) in [6.45, 7) is 1.86. The molecule has 1 aliphatic carbocycles. The summed E-state index contributed by atoms with van der Waals surface area (Å²) in [5, 5.41) is 12.8. The highest BCUT2D eigenvalue weighted by Crippen LogP contribution is 2.31. The van der Waals surface area contributed by atoms with Crippen molar-refractivity contribution < 1.29 is 14.7 Å². The fourth-order valence-electron chi connectivity index (χ4n) is 2.96. The maximum atomic E-state index is 12.4. The minimum absolute atomic E-state index is 0.186. The Morgan fingerprint density at radius 2 is 1.86 bits per heavy atom. The van der Waals surface area contributed by atoms with Crippen LogP contribution >= 0.6 is 11.6 Å². The van der Waals surface area contributed by atoms with Crippen LogP contribution in [0.15, 0.2) is 24.3 Å². The average Bonchev–Trinajstić information content (AvgIpc) is 2.47. The van der Waals surface area contributed by atoms with Gasteiger partial charge in [-0.3, -0.25) is 9.59 Å². The van der Waals surface area contributed by atoms with E-state index in [2.05, 4.69) is 5.32 Å². The predicted octanol–water partition coefficient (Wildman–Crippen LogP) is 3.41. The molecule has 1 fully saturated rings. The van der Waals surface area contributed by atoms with E-state index in [-0.39, 0.29) is 11.9 Å². The molecule has 1 amide bonds. The zero-order valence-electron chi connectivity index (χ0n) is 12.0. The zero-order valence-corrected chi connectivity index (χ0v) is 12.8. The Labute approximate surface area is 129 Å². The highest BCUT2D eigenvalue weighted by atomic mass is 35.5. The molecule has 1 aliphatic rings. The Kier molecular flexibility index (Phi) is 5.23. The van der Waals surface area contributed by atoms with Crippen LogP contribution in [-0.2, 0) is 9.59 Å². The summed E-state index contributed by atoms with van der Waals surface area (Å²) in [5.74, 6) is -2.08. The number of aliphatic carboxylic acids is 1. The van der Waals surface area contributed by atoms with Crippen LogP contribution in [-0.4, -0.2) is 17.0 Å². The van der Waals surface area contributed by atoms with Crippen molar-refractivity contribution in [3.05, 3.63) is 34.9 Å². The summed E-state index contributed by atoms with van der Waals surface area (Å²) < 4.78 is 0. The van der Waals surface area contributed by atoms with Gasteiger partial charge in [-0.25, -0.2) is 0 Å². The molecule has 0 unspecified atom stereocenters. The van der Waals surface area contributed by atoms with E-state index in [0.29, 0.717) is 17.9 Å². The van der Waals surface area contributed by atoms with Gasteiger partial charge in [-0.15, -0.1) is 0 Å². The average molecular weight is 310 g/mol. The summed E-state index contributed by atoms with van der Waals surface area (Å²) in [6, 6.07) is 7.11. The quantitative estimate of drug-likeness (QED) is 0.895. The second-order valence-corrected chi connectivity index (χ2v) is 5.99. The number of hydrogen-bond acceptors (Lipinski definition) is 2. The van der Waals surface area contributed by atoms with E-state index in [1.165, 1.54) is 0 Å². The first kappa shape index (κ1) is 15.8. The normalized spacial score (nSPS) is 23.3. The van der Waals surface area contributed by atoms with Gasteiger partial charge in [0.05, 0.1) is 17.9 Å². The lowest BCUT2D eigenvalue weighted by Gasteiger charge is -2.29. The van der Waals surface area contributed by atoms with E-state index in [4.69, 9.17) is 11.6 Å². The largest absolute Gasteiger partial charge is 0.481 e. The standard InChI is InChI=1S/C16H20ClNO3/c1-10(11-6-4-5-9-14(11)17)18-15(19)12-7-2-3-8-13(12)16(20)21/h4-6,9-10,12-13H,2-3,7-8H2,1H3,(H,18,19)(H,20,21)/t10-,12+,13-/m0/s1. The summed E-state index contributed by atoms with van der Waals surface area (Å²) in [6.07, 6.45) is 3.00. The van der Waals surface area contributed by atoms with Crippen molar-refractivity contribution in [1.29, 1.82) is 0 Å². The van der Waals surface area contributed by atoms with Gasteiger partial charge in [-0.1, -0.05) is 42.6 Å². The number of carboxylic acid groups (broad SMARTS) is 1. The number of nitrogens with one attached hydrogen (secondary N) is 1. The molecule has 4 nitrogen and oxygen atoms in total. The van der Waals surface area contributed by atoms with E-state index in [1.807, 2.05) is 25.1 Å². The van der Waals surface area contributed by atoms with Gasteiger partial charge in [0.1, 0.15) is 0 Å². The van der Waals surface area contributed by atoms with Crippen molar-refractivity contribution >= 4 is 23.5 Å². The van der Waals surface area contributed by atoms with E-state index in [9.17, 15) is 14.7 Å². The summed E-state index contributed by atoms with van der Waals surface area (Å²) >= 11 is 6.12. The molecule has 0 aliphatic heterocycles. The third kappa shape index (κ3) is 3.76. The Morgan fingerprint density at radius 3 is 2.48 bits per heavy atom. The number of rotatable bonds is 4. The molecule has 0 saturated heterocycles. The molecule has 21 heavy (non-hydrogen) atoms. The molecule has 0 spiro atoms. The number of carbonyl (C=O) groups excluding carboxylic acids is 1. The number of amides is 1. The number of benzene rings is 1. The molecular formula is C16H20ClNO3. The second kappa shape index (κ2) is 6.94. The van der Waals surface area contributed by atoms with Crippen LogP contribution in [0.4, 0.5) is 0 Å². The van der Waals surface area contributed by atoms with Gasteiger partial charge in [-0.05, 0) is 31.4 Å². The maximum Gasteiger partial charge on any atom is 0.307 e. The Hall–Kier alpha value is -1.55. The van der Waals surface area contributed by atoms with Gasteiger partial charge < -0.3 is 10.4 Å². The number of carbonyl (C=O) groups is 2. The first-order valence-electron chi connectivity index (χ1n) is 7.28. The van der Waals surface area contributed by atoms with E-state index in [0.717, 1.165) is 18.4 Å². The maximum absolute atomic E-state index is 12.4. The highest BCUT2D eigenvalue weighted by Gasteiger charge is 2.36. The Bertz CT molecular complexity index is 532. The molecule has 1 saturated carbocycles. The van der Waals surface area contributed by atoms with Crippen LogP contribution in [0.25, 0.3) is 0 Å². The molecule has 0 aromatic heterocycles. The molecule has 2 rings (SSSR count). The monoisotopic (exact) mass is 309 g/mol. The van der Waals surface area contributed by atoms with Gasteiger partial charge >= 0.3 is 5.97 Å². The summed E-state index contributed by atoms with van der Waals surface area (Å²) in [5.41, 5.74) is 0.843. The zero-order chi connectivity index (χ0) is 15.4. The lowest BCUT2D eigenvalue weighted by molar-refractivity contribution is -0.149. The van der Waals surface area contributed by atoms with Crippen molar-refractivity contribution in [2.24, 2.45) is 11.8 Å². The van der Waals surface area contributed by atoms with Gasteiger partial charge in [0.15, 0.2) is 0 Å². The smallest absolute Gasteiger partial charge is 0.307 e. The van der Waals surface area contributed by atoms with Crippen LogP contribution in [0.3, 0.4) is 0 Å². The van der Waals surface area contributed by atoms with Crippen LogP contribution in [0.1, 0.15) is 44.2 Å². The van der Waals surface area contributed by atoms with Gasteiger partial charge in [-0.2, -0.15) is 0 Å². The molecule has 114 valence electrons. The third-order valence-electron chi connectivity index (χ3n) is 4.15. The minimum Gasteiger partial charge on any atom is -0.481 e. The molecule has 1 aromatic carbocycles. The lowest BCUT2D eigenvalue weighted by Crippen LogP contribution is -2.40. The van der Waals surface area contributed by atoms with Gasteiger partial charge in [0, 0.05) is 5.02 Å². The highest BCUT2D eigenvalue weighted by molar-refractivity contribution is 6.31. The SMILES string of the molecule is C[C@H](NC(=O)[C@@H]1CCCC[C@@H]1C(=O)O)c1ccccc1Cl. The van der Waals surface area contributed by atoms with Crippen molar-refractivity contribution in [1.82, 2.24) is 5.32 Å². The number of carboxylic acids is 1. The van der Waals surface area contributed by atoms with Crippen molar-refractivity contribution in [2.75, 3.05) is 0 Å². The Balaban J connectivity index is 2.06. The second-order valence-electron chi connectivity index (χ2n) is 5.59. The Morgan fingerprint density at radius 1 is 1.24 bits per heavy atom. The fraction of sp³-hybridized carbons (Fsp3) is 0.500. The van der Waals surface area contributed by atoms with Gasteiger partial charge in [0.2, 0.25) is 5.91 Å². The first-order chi connectivity index (χ1) is 10.0. The van der Waals surface area contributed by atoms with Crippen LogP contribution in [0, 0.1) is 11.8 Å². The number of hydrogen-bond donors (Lipinski definition) is 2. The molecule has 0 heterocycles. The van der Waals surface area contributed by atoms with Crippen LogP contribution in [0.2, 0.25) is 5.02 Å². The topological polar surface area (TPSA) is 66.4 Å². The molecule has 5 heteroatoms. The van der Waals surface area contributed by atoms with Crippen molar-refractivity contribution in [2.45, 2.75) is 38.6 Å². The molecule has 0 radical (unpaired) electrons. The third-order valence-corrected chi connectivity index (χ3v) is 4.49. The van der Waals surface area contributed by atoms with Crippen LogP contribution < -0.4 is 5.32 Å². The van der Waals surface area contributed by atoms with Crippen LogP contribution in [0.5, 0.6) is 0 Å². The minimum atomic E-state index is -0.875. The van der Waals surface area contributed by atoms with E-state index >= 15 is 0 Å². The molecular weight excluding hydrogens is 290 g/mol.